The smallest absolute Gasteiger partial charge is 0.0541 e. The molecule has 0 radical (unpaired) electrons. The molecule has 0 aliphatic heterocycles. The van der Waals surface area contributed by atoms with Gasteiger partial charge in [0, 0.05) is 38.8 Å². The normalized spacial score (nSPS) is 12.6. The lowest BCUT2D eigenvalue weighted by atomic mass is 9.89. The third kappa shape index (κ3) is 5.26. The van der Waals surface area contributed by atoms with Gasteiger partial charge in [0.05, 0.1) is 16.6 Å². The van der Waals surface area contributed by atoms with Crippen LogP contribution in [0.15, 0.2) is 200 Å². The molecule has 0 N–H and O–H groups in total. The minimum absolute atomic E-state index is 0.992. The third-order valence-corrected chi connectivity index (χ3v) is 11.7. The van der Waals surface area contributed by atoms with E-state index in [-0.39, 0.29) is 0 Å². The molecule has 10 aromatic rings. The van der Waals surface area contributed by atoms with Crippen LogP contribution in [0.5, 0.6) is 0 Å². The minimum atomic E-state index is 0.992. The molecule has 0 spiro atoms. The van der Waals surface area contributed by atoms with Gasteiger partial charge in [-0.2, -0.15) is 0 Å². The summed E-state index contributed by atoms with van der Waals surface area (Å²) in [4.78, 5) is 0. The number of hydrogen-bond donors (Lipinski definition) is 0. The molecule has 264 valence electrons. The molecule has 0 fully saturated rings. The van der Waals surface area contributed by atoms with Gasteiger partial charge in [0.15, 0.2) is 0 Å². The fraction of sp³-hybridized carbons (Fsp3) is 0.0370. The maximum Gasteiger partial charge on any atom is 0.0541 e. The Hall–Kier alpha value is -7.16. The molecule has 2 nitrogen and oxygen atoms in total. The second-order valence-electron chi connectivity index (χ2n) is 14.8. The number of rotatable bonds is 6. The lowest BCUT2D eigenvalue weighted by Gasteiger charge is -2.18. The van der Waals surface area contributed by atoms with Crippen LogP contribution in [0.25, 0.3) is 89.1 Å². The fourth-order valence-corrected chi connectivity index (χ4v) is 9.13. The molecule has 1 aliphatic carbocycles. The summed E-state index contributed by atoms with van der Waals surface area (Å²) in [6.45, 7) is 0. The first-order valence-corrected chi connectivity index (χ1v) is 19.6. The van der Waals surface area contributed by atoms with Crippen LogP contribution in [-0.2, 0) is 6.42 Å². The number of fused-ring (bicyclic) bond motifs is 6. The van der Waals surface area contributed by atoms with Crippen LogP contribution in [0, 0.1) is 0 Å². The van der Waals surface area contributed by atoms with Gasteiger partial charge >= 0.3 is 0 Å². The average Bonchev–Trinajstić information content (AvgIpc) is 3.79. The standard InChI is InChI=1S/C54H38N2/c1-4-16-37(17-5-1)43-22-10-11-23-45(43)48-36-42(30-31-44(48)38-18-6-2-7-19-38)56-52-27-15-13-25-47(52)50-35-40(29-33-54(50)56)39-28-32-53-49(34-39)46-24-12-14-26-51(46)55(53)41-20-8-3-9-21-41/h1-27,29-31,33-36H,28,32H2. The van der Waals surface area contributed by atoms with E-state index in [2.05, 4.69) is 215 Å². The van der Waals surface area contributed by atoms with E-state index in [4.69, 9.17) is 0 Å². The first kappa shape index (κ1) is 32.3. The molecule has 0 atom stereocenters. The molecule has 2 aromatic heterocycles. The van der Waals surface area contributed by atoms with E-state index in [1.165, 1.54) is 94.2 Å². The number of allylic oxidation sites excluding steroid dienone is 1. The molecule has 1 aliphatic rings. The summed E-state index contributed by atoms with van der Waals surface area (Å²) in [5.41, 5.74) is 18.8. The van der Waals surface area contributed by atoms with Crippen LogP contribution in [0.1, 0.15) is 23.2 Å². The Bertz CT molecular complexity index is 3110. The first-order valence-electron chi connectivity index (χ1n) is 19.6. The Kier molecular flexibility index (Phi) is 7.67. The second kappa shape index (κ2) is 13.3. The molecule has 56 heavy (non-hydrogen) atoms. The topological polar surface area (TPSA) is 9.86 Å². The lowest BCUT2D eigenvalue weighted by molar-refractivity contribution is 0.898. The van der Waals surface area contributed by atoms with Crippen molar-refractivity contribution in [1.29, 1.82) is 0 Å². The van der Waals surface area contributed by atoms with Crippen molar-refractivity contribution >= 4 is 44.4 Å². The Morgan fingerprint density at radius 3 is 1.62 bits per heavy atom. The van der Waals surface area contributed by atoms with Crippen molar-refractivity contribution in [2.45, 2.75) is 12.8 Å². The predicted molar refractivity (Wildman–Crippen MR) is 237 cm³/mol. The highest BCUT2D eigenvalue weighted by Gasteiger charge is 2.23. The minimum Gasteiger partial charge on any atom is -0.313 e. The summed E-state index contributed by atoms with van der Waals surface area (Å²) >= 11 is 0. The predicted octanol–water partition coefficient (Wildman–Crippen LogP) is 14.2. The molecule has 0 bridgehead atoms. The van der Waals surface area contributed by atoms with Gasteiger partial charge in [-0.1, -0.05) is 152 Å². The van der Waals surface area contributed by atoms with E-state index in [0.29, 0.717) is 0 Å². The highest BCUT2D eigenvalue weighted by atomic mass is 15.0. The van der Waals surface area contributed by atoms with Crippen molar-refractivity contribution in [2.75, 3.05) is 0 Å². The second-order valence-corrected chi connectivity index (χ2v) is 14.8. The molecular formula is C54H38N2. The van der Waals surface area contributed by atoms with Gasteiger partial charge in [-0.05, 0) is 112 Å². The molecule has 2 heteroatoms. The van der Waals surface area contributed by atoms with Crippen molar-refractivity contribution in [3.8, 4) is 44.8 Å². The summed E-state index contributed by atoms with van der Waals surface area (Å²) in [6, 6.07) is 73.0. The molecule has 0 saturated heterocycles. The summed E-state index contributed by atoms with van der Waals surface area (Å²) in [6.07, 6.45) is 4.44. The molecule has 8 aromatic carbocycles. The molecule has 0 amide bonds. The molecule has 2 heterocycles. The fourth-order valence-electron chi connectivity index (χ4n) is 9.13. The summed E-state index contributed by atoms with van der Waals surface area (Å²) in [7, 11) is 0. The molecule has 11 rings (SSSR count). The quantitative estimate of drug-likeness (QED) is 0.162. The van der Waals surface area contributed by atoms with Crippen molar-refractivity contribution < 1.29 is 0 Å². The van der Waals surface area contributed by atoms with Crippen molar-refractivity contribution in [3.63, 3.8) is 0 Å². The van der Waals surface area contributed by atoms with Gasteiger partial charge in [0.2, 0.25) is 0 Å². The Balaban J connectivity index is 1.08. The average molecular weight is 715 g/mol. The van der Waals surface area contributed by atoms with Crippen LogP contribution in [0.4, 0.5) is 0 Å². The van der Waals surface area contributed by atoms with Crippen LogP contribution in [-0.4, -0.2) is 9.13 Å². The van der Waals surface area contributed by atoms with Crippen LogP contribution < -0.4 is 0 Å². The number of hydrogen-bond acceptors (Lipinski definition) is 0. The zero-order valence-corrected chi connectivity index (χ0v) is 30.9. The zero-order chi connectivity index (χ0) is 37.0. The van der Waals surface area contributed by atoms with Crippen LogP contribution in [0.2, 0.25) is 0 Å². The van der Waals surface area contributed by atoms with E-state index >= 15 is 0 Å². The van der Waals surface area contributed by atoms with E-state index in [0.717, 1.165) is 18.5 Å². The highest BCUT2D eigenvalue weighted by Crippen LogP contribution is 2.43. The Morgan fingerprint density at radius 2 is 0.893 bits per heavy atom. The Labute approximate surface area is 326 Å². The number of nitrogens with zero attached hydrogens (tertiary/aromatic N) is 2. The third-order valence-electron chi connectivity index (χ3n) is 11.7. The van der Waals surface area contributed by atoms with E-state index in [9.17, 15) is 0 Å². The number of benzene rings is 8. The van der Waals surface area contributed by atoms with E-state index in [1.807, 2.05) is 0 Å². The molecule has 0 saturated carbocycles. The summed E-state index contributed by atoms with van der Waals surface area (Å²) < 4.78 is 4.92. The lowest BCUT2D eigenvalue weighted by Crippen LogP contribution is -2.05. The first-order chi connectivity index (χ1) is 27.8. The SMILES string of the molecule is C1=C(c2ccc3c(c2)c2ccccc2n3-c2ccc(-c3ccccc3)c(-c3ccccc3-c3ccccc3)c2)CCc2c1c1ccccc1n2-c1ccccc1. The van der Waals surface area contributed by atoms with Gasteiger partial charge in [-0.25, -0.2) is 0 Å². The van der Waals surface area contributed by atoms with Crippen molar-refractivity contribution in [3.05, 3.63) is 217 Å². The number of para-hydroxylation sites is 3. The highest BCUT2D eigenvalue weighted by molar-refractivity contribution is 6.11. The van der Waals surface area contributed by atoms with Gasteiger partial charge in [-0.3, -0.25) is 0 Å². The Morgan fingerprint density at radius 1 is 0.321 bits per heavy atom. The largest absolute Gasteiger partial charge is 0.313 e. The molecule has 0 unspecified atom stereocenters. The van der Waals surface area contributed by atoms with Crippen molar-refractivity contribution in [1.82, 2.24) is 9.13 Å². The zero-order valence-electron chi connectivity index (χ0n) is 30.9. The molecular weight excluding hydrogens is 677 g/mol. The van der Waals surface area contributed by atoms with Gasteiger partial charge in [0.1, 0.15) is 0 Å². The summed E-state index contributed by atoms with van der Waals surface area (Å²) in [5.74, 6) is 0. The van der Waals surface area contributed by atoms with Gasteiger partial charge < -0.3 is 9.13 Å². The van der Waals surface area contributed by atoms with E-state index < -0.39 is 0 Å². The summed E-state index contributed by atoms with van der Waals surface area (Å²) in [5, 5.41) is 3.85. The van der Waals surface area contributed by atoms with E-state index in [1.54, 1.807) is 0 Å². The van der Waals surface area contributed by atoms with Crippen LogP contribution in [0.3, 0.4) is 0 Å². The maximum atomic E-state index is 2.46. The maximum absolute atomic E-state index is 2.46. The number of aromatic nitrogens is 2. The van der Waals surface area contributed by atoms with Gasteiger partial charge in [0.25, 0.3) is 0 Å². The van der Waals surface area contributed by atoms with Crippen LogP contribution >= 0.6 is 0 Å². The van der Waals surface area contributed by atoms with Crippen molar-refractivity contribution in [2.24, 2.45) is 0 Å². The van der Waals surface area contributed by atoms with Gasteiger partial charge in [-0.15, -0.1) is 0 Å². The monoisotopic (exact) mass is 714 g/mol.